The molecule has 0 heterocycles. The van der Waals surface area contributed by atoms with Crippen molar-refractivity contribution >= 4 is 0 Å². The number of ether oxygens (including phenoxy) is 2. The van der Waals surface area contributed by atoms with Crippen LogP contribution in [0, 0.1) is 23.4 Å². The zero-order chi connectivity index (χ0) is 25.5. The van der Waals surface area contributed by atoms with Gasteiger partial charge in [0.25, 0.3) is 0 Å². The van der Waals surface area contributed by atoms with Crippen molar-refractivity contribution in [1.29, 1.82) is 0 Å². The van der Waals surface area contributed by atoms with Crippen molar-refractivity contribution in [1.82, 2.24) is 0 Å². The second-order valence-electron chi connectivity index (χ2n) is 10.9. The minimum Gasteiger partial charge on any atom is -0.493 e. The lowest BCUT2D eigenvalue weighted by molar-refractivity contribution is 0.0116. The molecule has 2 saturated carbocycles. The molecule has 0 atom stereocenters. The molecule has 2 aliphatic carbocycles. The van der Waals surface area contributed by atoms with Crippen molar-refractivity contribution < 1.29 is 22.6 Å². The lowest BCUT2D eigenvalue weighted by Crippen LogP contribution is -2.21. The van der Waals surface area contributed by atoms with Crippen LogP contribution in [0.15, 0.2) is 30.3 Å². The summed E-state index contributed by atoms with van der Waals surface area (Å²) in [4.78, 5) is 0. The molecule has 2 aliphatic rings. The summed E-state index contributed by atoms with van der Waals surface area (Å²) in [5.41, 5.74) is 1.53. The summed E-state index contributed by atoms with van der Waals surface area (Å²) >= 11 is 0. The Bertz CT molecular complexity index is 976. The fourth-order valence-electron chi connectivity index (χ4n) is 5.82. The minimum atomic E-state index is -0.765. The van der Waals surface area contributed by atoms with Gasteiger partial charge >= 0.3 is 0 Å². The molecule has 0 amide bonds. The third-order valence-corrected chi connectivity index (χ3v) is 8.22. The maximum absolute atomic E-state index is 14.8. The number of hydrogen-bond acceptors (Lipinski definition) is 2. The fraction of sp³-hybridized carbons (Fsp3) is 0.613. The topological polar surface area (TPSA) is 18.5 Å². The molecule has 2 fully saturated rings. The summed E-state index contributed by atoms with van der Waals surface area (Å²) in [5.74, 6) is -0.164. The number of halogens is 3. The van der Waals surface area contributed by atoms with Gasteiger partial charge in [0.15, 0.2) is 11.6 Å². The molecule has 198 valence electrons. The summed E-state index contributed by atoms with van der Waals surface area (Å²) in [6.07, 6.45) is 10.4. The SMILES string of the molecule is CCCCCOc1ccc(C2CCC(OCc3ccc(C4CCC(C)CC4)c(F)c3F)CC2)c(F)c1. The molecular weight excluding hydrogens is 461 g/mol. The van der Waals surface area contributed by atoms with E-state index in [1.807, 2.05) is 12.1 Å². The van der Waals surface area contributed by atoms with Crippen LogP contribution >= 0.6 is 0 Å². The van der Waals surface area contributed by atoms with Gasteiger partial charge in [-0.05, 0) is 79.9 Å². The van der Waals surface area contributed by atoms with Gasteiger partial charge in [0, 0.05) is 11.6 Å². The molecule has 0 spiro atoms. The van der Waals surface area contributed by atoms with Crippen LogP contribution in [0.1, 0.15) is 113 Å². The van der Waals surface area contributed by atoms with Crippen molar-refractivity contribution in [3.05, 3.63) is 64.5 Å². The zero-order valence-electron chi connectivity index (χ0n) is 21.8. The molecule has 36 heavy (non-hydrogen) atoms. The van der Waals surface area contributed by atoms with Crippen molar-refractivity contribution in [2.24, 2.45) is 5.92 Å². The molecule has 2 aromatic rings. The van der Waals surface area contributed by atoms with Gasteiger partial charge < -0.3 is 9.47 Å². The molecule has 0 radical (unpaired) electrons. The molecule has 0 N–H and O–H groups in total. The van der Waals surface area contributed by atoms with Gasteiger partial charge in [0.1, 0.15) is 11.6 Å². The molecule has 0 aliphatic heterocycles. The van der Waals surface area contributed by atoms with Crippen LogP contribution < -0.4 is 4.74 Å². The van der Waals surface area contributed by atoms with Crippen LogP contribution in [0.5, 0.6) is 5.75 Å². The first-order valence-electron chi connectivity index (χ1n) is 14.0. The van der Waals surface area contributed by atoms with E-state index in [1.54, 1.807) is 12.1 Å². The normalized spacial score (nSPS) is 24.6. The van der Waals surface area contributed by atoms with Gasteiger partial charge in [0.05, 0.1) is 19.3 Å². The first kappa shape index (κ1) is 27.0. The third-order valence-electron chi connectivity index (χ3n) is 8.22. The Hall–Kier alpha value is -2.01. The molecule has 0 bridgehead atoms. The molecule has 0 saturated heterocycles. The highest BCUT2D eigenvalue weighted by Gasteiger charge is 2.27. The average molecular weight is 503 g/mol. The van der Waals surface area contributed by atoms with E-state index < -0.39 is 11.6 Å². The van der Waals surface area contributed by atoms with Crippen molar-refractivity contribution in [3.63, 3.8) is 0 Å². The Morgan fingerprint density at radius 3 is 2.14 bits per heavy atom. The summed E-state index contributed by atoms with van der Waals surface area (Å²) in [6.45, 7) is 5.04. The third kappa shape index (κ3) is 6.85. The average Bonchev–Trinajstić information content (AvgIpc) is 2.89. The Balaban J connectivity index is 1.26. The molecular formula is C31H41F3O2. The van der Waals surface area contributed by atoms with E-state index in [9.17, 15) is 13.2 Å². The van der Waals surface area contributed by atoms with E-state index in [4.69, 9.17) is 9.47 Å². The zero-order valence-corrected chi connectivity index (χ0v) is 21.8. The molecule has 2 aromatic carbocycles. The second kappa shape index (κ2) is 13.0. The number of rotatable bonds is 10. The largest absolute Gasteiger partial charge is 0.493 e. The Morgan fingerprint density at radius 1 is 0.778 bits per heavy atom. The first-order valence-corrected chi connectivity index (χ1v) is 14.0. The smallest absolute Gasteiger partial charge is 0.164 e. The van der Waals surface area contributed by atoms with Gasteiger partial charge in [-0.15, -0.1) is 0 Å². The van der Waals surface area contributed by atoms with Crippen LogP contribution in [0.4, 0.5) is 13.2 Å². The van der Waals surface area contributed by atoms with E-state index in [0.717, 1.165) is 76.2 Å². The monoisotopic (exact) mass is 502 g/mol. The van der Waals surface area contributed by atoms with Gasteiger partial charge in [-0.3, -0.25) is 0 Å². The van der Waals surface area contributed by atoms with Gasteiger partial charge in [-0.25, -0.2) is 13.2 Å². The van der Waals surface area contributed by atoms with Crippen LogP contribution in [0.2, 0.25) is 0 Å². The summed E-state index contributed by atoms with van der Waals surface area (Å²) in [7, 11) is 0. The van der Waals surface area contributed by atoms with Gasteiger partial charge in [-0.2, -0.15) is 0 Å². The van der Waals surface area contributed by atoms with E-state index >= 15 is 0 Å². The number of benzene rings is 2. The van der Waals surface area contributed by atoms with Crippen molar-refractivity contribution in [2.75, 3.05) is 6.61 Å². The van der Waals surface area contributed by atoms with E-state index in [1.165, 1.54) is 6.07 Å². The summed E-state index contributed by atoms with van der Waals surface area (Å²) in [6, 6.07) is 8.66. The second-order valence-corrected chi connectivity index (χ2v) is 10.9. The molecule has 4 rings (SSSR count). The molecule has 0 unspecified atom stereocenters. The standard InChI is InChI=1S/C31H41F3O2/c1-3-4-5-18-35-26-15-17-27(29(32)19-26)22-10-13-25(14-11-22)36-20-24-12-16-28(31(34)30(24)33)23-8-6-21(2)7-9-23/h12,15-17,19,21-23,25H,3-11,13-14,18,20H2,1-2H3. The lowest BCUT2D eigenvalue weighted by Gasteiger charge is -2.29. The first-order chi connectivity index (χ1) is 17.5. The van der Waals surface area contributed by atoms with Crippen LogP contribution in [-0.4, -0.2) is 12.7 Å². The Kier molecular flexibility index (Phi) is 9.75. The fourth-order valence-corrected chi connectivity index (χ4v) is 5.82. The van der Waals surface area contributed by atoms with E-state index in [0.29, 0.717) is 23.8 Å². The van der Waals surface area contributed by atoms with E-state index in [2.05, 4.69) is 13.8 Å². The number of hydrogen-bond donors (Lipinski definition) is 0. The highest BCUT2D eigenvalue weighted by Crippen LogP contribution is 2.39. The van der Waals surface area contributed by atoms with Gasteiger partial charge in [0.2, 0.25) is 0 Å². The minimum absolute atomic E-state index is 0.0209. The van der Waals surface area contributed by atoms with Gasteiger partial charge in [-0.1, -0.05) is 57.7 Å². The quantitative estimate of drug-likeness (QED) is 0.302. The van der Waals surface area contributed by atoms with Crippen molar-refractivity contribution in [3.8, 4) is 5.75 Å². The maximum Gasteiger partial charge on any atom is 0.164 e. The van der Waals surface area contributed by atoms with Crippen molar-refractivity contribution in [2.45, 2.75) is 109 Å². The maximum atomic E-state index is 14.8. The Labute approximate surface area is 214 Å². The summed E-state index contributed by atoms with van der Waals surface area (Å²) in [5, 5.41) is 0. The molecule has 2 nitrogen and oxygen atoms in total. The lowest BCUT2D eigenvalue weighted by atomic mass is 9.79. The predicted molar refractivity (Wildman–Crippen MR) is 138 cm³/mol. The summed E-state index contributed by atoms with van der Waals surface area (Å²) < 4.78 is 56.1. The van der Waals surface area contributed by atoms with Crippen LogP contribution in [0.3, 0.4) is 0 Å². The highest BCUT2D eigenvalue weighted by atomic mass is 19.2. The van der Waals surface area contributed by atoms with Crippen LogP contribution in [-0.2, 0) is 11.3 Å². The molecule has 0 aromatic heterocycles. The van der Waals surface area contributed by atoms with Crippen LogP contribution in [0.25, 0.3) is 0 Å². The molecule has 5 heteroatoms. The number of unbranched alkanes of at least 4 members (excludes halogenated alkanes) is 2. The highest BCUT2D eigenvalue weighted by molar-refractivity contribution is 5.32. The predicted octanol–water partition coefficient (Wildman–Crippen LogP) is 9.21. The van der Waals surface area contributed by atoms with E-state index in [-0.39, 0.29) is 35.9 Å². The Morgan fingerprint density at radius 2 is 1.44 bits per heavy atom.